The molecule has 3 aromatic heterocycles. The molecule has 0 fully saturated rings. The number of fused-ring (bicyclic) bond motifs is 1. The fourth-order valence-electron chi connectivity index (χ4n) is 3.06. The van der Waals surface area contributed by atoms with E-state index in [2.05, 4.69) is 15.3 Å². The Morgan fingerprint density at radius 3 is 2.75 bits per heavy atom. The van der Waals surface area contributed by atoms with E-state index in [0.717, 1.165) is 28.3 Å². The number of carbonyl (C=O) groups is 1. The lowest BCUT2D eigenvalue weighted by atomic mass is 10.1. The maximum absolute atomic E-state index is 11.9. The van der Waals surface area contributed by atoms with Gasteiger partial charge < -0.3 is 15.0 Å². The van der Waals surface area contributed by atoms with E-state index in [9.17, 15) is 9.59 Å². The van der Waals surface area contributed by atoms with E-state index >= 15 is 0 Å². The number of carbonyl (C=O) groups excluding carboxylic acids is 1. The van der Waals surface area contributed by atoms with E-state index in [4.69, 9.17) is 4.74 Å². The van der Waals surface area contributed by atoms with Crippen molar-refractivity contribution in [3.05, 3.63) is 83.0 Å². The van der Waals surface area contributed by atoms with Crippen molar-refractivity contribution in [1.29, 1.82) is 0 Å². The molecule has 0 saturated carbocycles. The fourth-order valence-corrected chi connectivity index (χ4v) is 3.06. The molecule has 1 aromatic carbocycles. The monoisotopic (exact) mass is 374 g/mol. The Morgan fingerprint density at radius 1 is 1.18 bits per heavy atom. The fraction of sp³-hybridized carbons (Fsp3) is 0.0952. The molecule has 28 heavy (non-hydrogen) atoms. The molecule has 7 heteroatoms. The lowest BCUT2D eigenvalue weighted by molar-refractivity contribution is 0.0848. The zero-order valence-electron chi connectivity index (χ0n) is 15.2. The molecule has 0 amide bonds. The molecule has 0 aliphatic carbocycles. The highest BCUT2D eigenvalue weighted by Crippen LogP contribution is 2.27. The second kappa shape index (κ2) is 7.50. The van der Waals surface area contributed by atoms with Crippen molar-refractivity contribution < 1.29 is 9.53 Å². The molecule has 0 atom stereocenters. The number of ether oxygens (including phenoxy) is 1. The number of benzene rings is 1. The van der Waals surface area contributed by atoms with Gasteiger partial charge in [-0.2, -0.15) is 0 Å². The van der Waals surface area contributed by atoms with E-state index in [1.807, 2.05) is 40.9 Å². The maximum Gasteiger partial charge on any atom is 0.248 e. The molecular weight excluding hydrogens is 356 g/mol. The van der Waals surface area contributed by atoms with Crippen molar-refractivity contribution in [3.8, 4) is 11.3 Å². The summed E-state index contributed by atoms with van der Waals surface area (Å²) in [4.78, 5) is 30.6. The van der Waals surface area contributed by atoms with Gasteiger partial charge in [0, 0.05) is 48.6 Å². The van der Waals surface area contributed by atoms with Crippen molar-refractivity contribution in [3.63, 3.8) is 0 Å². The first-order chi connectivity index (χ1) is 13.7. The van der Waals surface area contributed by atoms with Crippen LogP contribution in [0.25, 0.3) is 16.9 Å². The van der Waals surface area contributed by atoms with Gasteiger partial charge in [0.1, 0.15) is 6.61 Å². The minimum atomic E-state index is -0.156. The number of pyridine rings is 2. The number of ketones is 1. The SMILES string of the molecule is COCC(=O)c1ccc(Nc2ccc(-c3cc[nH]c(=O)c3)n3ccnc23)cc1. The molecule has 0 aliphatic heterocycles. The summed E-state index contributed by atoms with van der Waals surface area (Å²) in [5.41, 5.74) is 4.50. The zero-order valence-corrected chi connectivity index (χ0v) is 15.2. The van der Waals surface area contributed by atoms with Crippen molar-refractivity contribution in [1.82, 2.24) is 14.4 Å². The van der Waals surface area contributed by atoms with Crippen LogP contribution < -0.4 is 10.9 Å². The molecule has 4 rings (SSSR count). The minimum Gasteiger partial charge on any atom is -0.377 e. The van der Waals surface area contributed by atoms with Crippen LogP contribution in [0.1, 0.15) is 10.4 Å². The molecule has 0 saturated heterocycles. The van der Waals surface area contributed by atoms with E-state index in [-0.39, 0.29) is 17.9 Å². The minimum absolute atomic E-state index is 0.0608. The molecule has 0 unspecified atom stereocenters. The third-order valence-electron chi connectivity index (χ3n) is 4.38. The Hall–Kier alpha value is -3.71. The van der Waals surface area contributed by atoms with Gasteiger partial charge in [0.2, 0.25) is 5.56 Å². The highest BCUT2D eigenvalue weighted by molar-refractivity contribution is 5.97. The molecule has 7 nitrogen and oxygen atoms in total. The average Bonchev–Trinajstić information content (AvgIpc) is 3.19. The van der Waals surface area contributed by atoms with Gasteiger partial charge in [-0.15, -0.1) is 0 Å². The second-order valence-electron chi connectivity index (χ2n) is 6.25. The zero-order chi connectivity index (χ0) is 19.5. The Morgan fingerprint density at radius 2 is 2.00 bits per heavy atom. The van der Waals surface area contributed by atoms with Gasteiger partial charge in [-0.3, -0.25) is 14.0 Å². The number of H-pyrrole nitrogens is 1. The molecular formula is C21H18N4O3. The molecule has 0 spiro atoms. The first-order valence-corrected chi connectivity index (χ1v) is 8.70. The van der Waals surface area contributed by atoms with Gasteiger partial charge in [0.25, 0.3) is 0 Å². The van der Waals surface area contributed by atoms with Crippen LogP contribution in [-0.4, -0.2) is 33.9 Å². The van der Waals surface area contributed by atoms with Crippen LogP contribution >= 0.6 is 0 Å². The highest BCUT2D eigenvalue weighted by Gasteiger charge is 2.10. The molecule has 0 bridgehead atoms. The smallest absolute Gasteiger partial charge is 0.248 e. The van der Waals surface area contributed by atoms with Crippen molar-refractivity contribution in [2.45, 2.75) is 0 Å². The first-order valence-electron chi connectivity index (χ1n) is 8.70. The molecule has 0 radical (unpaired) electrons. The van der Waals surface area contributed by atoms with Gasteiger partial charge in [0.05, 0.1) is 11.4 Å². The average molecular weight is 374 g/mol. The summed E-state index contributed by atoms with van der Waals surface area (Å²) in [6.07, 6.45) is 5.19. The third-order valence-corrected chi connectivity index (χ3v) is 4.38. The number of hydrogen-bond acceptors (Lipinski definition) is 5. The predicted octanol–water partition coefficient (Wildman–Crippen LogP) is 3.26. The van der Waals surface area contributed by atoms with Crippen molar-refractivity contribution in [2.75, 3.05) is 19.0 Å². The second-order valence-corrected chi connectivity index (χ2v) is 6.25. The standard InChI is InChI=1S/C21H18N4O3/c1-28-13-19(26)14-2-4-16(5-3-14)24-17-6-7-18(25-11-10-23-21(17)25)15-8-9-22-20(27)12-15/h2-12,24H,13H2,1H3,(H,22,27). The number of rotatable bonds is 6. The van der Waals surface area contributed by atoms with Crippen LogP contribution in [0.2, 0.25) is 0 Å². The largest absolute Gasteiger partial charge is 0.377 e. The molecule has 140 valence electrons. The number of imidazole rings is 1. The summed E-state index contributed by atoms with van der Waals surface area (Å²) in [6.45, 7) is 0.0608. The number of methoxy groups -OCH3 is 1. The summed E-state index contributed by atoms with van der Waals surface area (Å²) < 4.78 is 6.80. The number of anilines is 2. The predicted molar refractivity (Wildman–Crippen MR) is 107 cm³/mol. The number of aromatic nitrogens is 3. The summed E-state index contributed by atoms with van der Waals surface area (Å²) in [5, 5.41) is 3.33. The molecule has 3 heterocycles. The van der Waals surface area contributed by atoms with Gasteiger partial charge in [-0.25, -0.2) is 4.98 Å². The van der Waals surface area contributed by atoms with E-state index in [1.54, 1.807) is 30.6 Å². The van der Waals surface area contributed by atoms with Crippen molar-refractivity contribution in [2.24, 2.45) is 0 Å². The van der Waals surface area contributed by atoms with Crippen molar-refractivity contribution >= 4 is 22.8 Å². The summed E-state index contributed by atoms with van der Waals surface area (Å²) in [5.74, 6) is -0.0631. The number of aromatic amines is 1. The number of nitrogens with zero attached hydrogens (tertiary/aromatic N) is 2. The summed E-state index contributed by atoms with van der Waals surface area (Å²) in [6, 6.07) is 14.5. The van der Waals surface area contributed by atoms with E-state index in [1.165, 1.54) is 7.11 Å². The normalized spacial score (nSPS) is 10.9. The Bertz CT molecular complexity index is 1190. The molecule has 0 aliphatic rings. The first kappa shape index (κ1) is 17.7. The maximum atomic E-state index is 11.9. The molecule has 4 aromatic rings. The van der Waals surface area contributed by atoms with E-state index < -0.39 is 0 Å². The number of nitrogens with one attached hydrogen (secondary N) is 2. The van der Waals surface area contributed by atoms with Crippen LogP contribution in [-0.2, 0) is 4.74 Å². The van der Waals surface area contributed by atoms with Gasteiger partial charge in [0.15, 0.2) is 11.4 Å². The lowest BCUT2D eigenvalue weighted by Crippen LogP contribution is -2.06. The van der Waals surface area contributed by atoms with Crippen LogP contribution in [0, 0.1) is 0 Å². The van der Waals surface area contributed by atoms with Crippen LogP contribution in [0.15, 0.2) is 71.9 Å². The van der Waals surface area contributed by atoms with Gasteiger partial charge >= 0.3 is 0 Å². The Balaban J connectivity index is 1.66. The Labute approximate surface area is 160 Å². The topological polar surface area (TPSA) is 88.5 Å². The van der Waals surface area contributed by atoms with Gasteiger partial charge in [-0.1, -0.05) is 0 Å². The molecule has 2 N–H and O–H groups in total. The van der Waals surface area contributed by atoms with Crippen LogP contribution in [0.3, 0.4) is 0 Å². The van der Waals surface area contributed by atoms with Crippen LogP contribution in [0.4, 0.5) is 11.4 Å². The van der Waals surface area contributed by atoms with E-state index in [0.29, 0.717) is 5.56 Å². The van der Waals surface area contributed by atoms with Crippen LogP contribution in [0.5, 0.6) is 0 Å². The number of Topliss-reactive ketones (excluding diaryl/α,β-unsaturated/α-hetero) is 1. The quantitative estimate of drug-likeness (QED) is 0.506. The van der Waals surface area contributed by atoms with Gasteiger partial charge in [-0.05, 0) is 42.5 Å². The summed E-state index contributed by atoms with van der Waals surface area (Å²) >= 11 is 0. The Kier molecular flexibility index (Phi) is 4.74. The lowest BCUT2D eigenvalue weighted by Gasteiger charge is -2.12. The summed E-state index contributed by atoms with van der Waals surface area (Å²) in [7, 11) is 1.50. The third kappa shape index (κ3) is 3.43. The highest BCUT2D eigenvalue weighted by atomic mass is 16.5. The number of hydrogen-bond donors (Lipinski definition) is 2.